The number of hydrogen-bond acceptors (Lipinski definition) is 7. The van der Waals surface area contributed by atoms with Gasteiger partial charge in [-0.3, -0.25) is 4.79 Å². The second-order valence-corrected chi connectivity index (χ2v) is 9.84. The van der Waals surface area contributed by atoms with Gasteiger partial charge in [0.15, 0.2) is 0 Å². The summed E-state index contributed by atoms with van der Waals surface area (Å²) in [6, 6.07) is 7.36. The van der Waals surface area contributed by atoms with Gasteiger partial charge in [0.1, 0.15) is 11.4 Å². The molecular weight excluding hydrogens is 436 g/mol. The van der Waals surface area contributed by atoms with Gasteiger partial charge in [-0.05, 0) is 57.9 Å². The van der Waals surface area contributed by atoms with Crippen LogP contribution in [0.1, 0.15) is 71.6 Å². The van der Waals surface area contributed by atoms with E-state index in [0.29, 0.717) is 24.7 Å². The molecule has 1 heterocycles. The van der Waals surface area contributed by atoms with E-state index in [1.54, 1.807) is 7.11 Å². The van der Waals surface area contributed by atoms with Crippen LogP contribution in [-0.4, -0.2) is 46.9 Å². The number of carbonyl (C=O) groups excluding carboxylic acids is 2. The summed E-state index contributed by atoms with van der Waals surface area (Å²) >= 11 is 0. The zero-order chi connectivity index (χ0) is 24.6. The highest BCUT2D eigenvalue weighted by atomic mass is 16.6. The molecule has 1 aromatic heterocycles. The van der Waals surface area contributed by atoms with Crippen molar-refractivity contribution in [3.05, 3.63) is 30.2 Å². The van der Waals surface area contributed by atoms with Crippen LogP contribution in [0, 0.1) is 0 Å². The molecule has 0 radical (unpaired) electrons. The van der Waals surface area contributed by atoms with Crippen LogP contribution < -0.4 is 15.4 Å². The van der Waals surface area contributed by atoms with Crippen molar-refractivity contribution in [2.45, 2.75) is 83.3 Å². The van der Waals surface area contributed by atoms with Crippen LogP contribution >= 0.6 is 0 Å². The maximum atomic E-state index is 12.6. The predicted octanol–water partition coefficient (Wildman–Crippen LogP) is 4.41. The molecule has 0 saturated heterocycles. The van der Waals surface area contributed by atoms with E-state index in [4.69, 9.17) is 14.0 Å². The van der Waals surface area contributed by atoms with E-state index in [1.807, 2.05) is 45.0 Å². The summed E-state index contributed by atoms with van der Waals surface area (Å²) in [5.41, 5.74) is -0.266. The summed E-state index contributed by atoms with van der Waals surface area (Å²) in [6.45, 7) is 5.88. The maximum absolute atomic E-state index is 12.6. The fourth-order valence-electron chi connectivity index (χ4n) is 4.06. The molecule has 1 aliphatic rings. The number of methoxy groups -OCH3 is 1. The fourth-order valence-corrected chi connectivity index (χ4v) is 4.06. The molecule has 34 heavy (non-hydrogen) atoms. The summed E-state index contributed by atoms with van der Waals surface area (Å²) in [5.74, 6) is 1.49. The van der Waals surface area contributed by atoms with Crippen LogP contribution in [0.5, 0.6) is 5.75 Å². The van der Waals surface area contributed by atoms with E-state index >= 15 is 0 Å². The molecule has 0 aliphatic heterocycles. The molecule has 2 aromatic rings. The molecule has 186 valence electrons. The number of ether oxygens (including phenoxy) is 2. The zero-order valence-electron chi connectivity index (χ0n) is 20.6. The molecule has 0 unspecified atom stereocenters. The van der Waals surface area contributed by atoms with Gasteiger partial charge in [0.05, 0.1) is 12.6 Å². The largest absolute Gasteiger partial charge is 0.497 e. The van der Waals surface area contributed by atoms with Crippen molar-refractivity contribution < 1.29 is 23.6 Å². The molecule has 9 heteroatoms. The van der Waals surface area contributed by atoms with Gasteiger partial charge in [0.2, 0.25) is 17.6 Å². The number of nitrogens with zero attached hydrogens (tertiary/aromatic N) is 2. The minimum absolute atomic E-state index is 0.126. The van der Waals surface area contributed by atoms with Crippen LogP contribution in [0.15, 0.2) is 28.8 Å². The second-order valence-electron chi connectivity index (χ2n) is 9.84. The number of nitrogens with one attached hydrogen (secondary N) is 2. The molecule has 3 rings (SSSR count). The SMILES string of the molecule is COc1ccc(-c2noc(CCC(=O)NCC3(NC(=O)OC(C)(C)C)CCCCCC3)n2)cc1. The first kappa shape index (κ1) is 25.5. The van der Waals surface area contributed by atoms with Crippen molar-refractivity contribution in [2.24, 2.45) is 0 Å². The third-order valence-corrected chi connectivity index (χ3v) is 5.83. The molecule has 1 saturated carbocycles. The first-order valence-electron chi connectivity index (χ1n) is 11.9. The minimum atomic E-state index is -0.575. The van der Waals surface area contributed by atoms with Gasteiger partial charge in [0.25, 0.3) is 0 Å². The van der Waals surface area contributed by atoms with Gasteiger partial charge in [-0.15, -0.1) is 0 Å². The van der Waals surface area contributed by atoms with Crippen molar-refractivity contribution in [3.63, 3.8) is 0 Å². The molecule has 1 aliphatic carbocycles. The van der Waals surface area contributed by atoms with Crippen LogP contribution in [0.3, 0.4) is 0 Å². The average Bonchev–Trinajstić information content (AvgIpc) is 3.15. The van der Waals surface area contributed by atoms with Crippen molar-refractivity contribution in [1.82, 2.24) is 20.8 Å². The van der Waals surface area contributed by atoms with E-state index in [-0.39, 0.29) is 12.3 Å². The Morgan fingerprint density at radius 3 is 2.38 bits per heavy atom. The van der Waals surface area contributed by atoms with Gasteiger partial charge in [-0.2, -0.15) is 4.98 Å². The summed E-state index contributed by atoms with van der Waals surface area (Å²) < 4.78 is 15.9. The van der Waals surface area contributed by atoms with Gasteiger partial charge < -0.3 is 24.6 Å². The van der Waals surface area contributed by atoms with E-state index in [0.717, 1.165) is 49.8 Å². The molecule has 1 fully saturated rings. The monoisotopic (exact) mass is 472 g/mol. The number of carbonyl (C=O) groups is 2. The maximum Gasteiger partial charge on any atom is 0.408 e. The molecule has 0 atom stereocenters. The number of alkyl carbamates (subject to hydrolysis) is 1. The van der Waals surface area contributed by atoms with Crippen molar-refractivity contribution >= 4 is 12.0 Å². The molecule has 1 aromatic carbocycles. The Morgan fingerprint density at radius 2 is 1.76 bits per heavy atom. The molecule has 2 N–H and O–H groups in total. The third-order valence-electron chi connectivity index (χ3n) is 5.83. The summed E-state index contributed by atoms with van der Waals surface area (Å²) in [4.78, 5) is 29.4. The zero-order valence-corrected chi connectivity index (χ0v) is 20.6. The van der Waals surface area contributed by atoms with Crippen LogP contribution in [0.4, 0.5) is 4.79 Å². The highest BCUT2D eigenvalue weighted by Crippen LogP contribution is 2.27. The fraction of sp³-hybridized carbons (Fsp3) is 0.600. The van der Waals surface area contributed by atoms with Crippen LogP contribution in [0.2, 0.25) is 0 Å². The Balaban J connectivity index is 1.53. The van der Waals surface area contributed by atoms with Crippen LogP contribution in [-0.2, 0) is 16.0 Å². The third kappa shape index (κ3) is 7.74. The number of aryl methyl sites for hydroxylation is 1. The van der Waals surface area contributed by atoms with E-state index in [2.05, 4.69) is 20.8 Å². The number of rotatable bonds is 8. The normalized spacial score (nSPS) is 15.8. The van der Waals surface area contributed by atoms with Gasteiger partial charge in [-0.25, -0.2) is 4.79 Å². The predicted molar refractivity (Wildman–Crippen MR) is 127 cm³/mol. The number of benzene rings is 1. The molecule has 2 amide bonds. The van der Waals surface area contributed by atoms with Gasteiger partial charge in [0, 0.05) is 24.9 Å². The lowest BCUT2D eigenvalue weighted by atomic mass is 9.90. The highest BCUT2D eigenvalue weighted by molar-refractivity contribution is 5.76. The van der Waals surface area contributed by atoms with Gasteiger partial charge in [-0.1, -0.05) is 30.8 Å². The highest BCUT2D eigenvalue weighted by Gasteiger charge is 2.34. The van der Waals surface area contributed by atoms with Crippen molar-refractivity contribution in [3.8, 4) is 17.1 Å². The van der Waals surface area contributed by atoms with Crippen molar-refractivity contribution in [2.75, 3.05) is 13.7 Å². The Kier molecular flexibility index (Phi) is 8.52. The summed E-state index contributed by atoms with van der Waals surface area (Å²) in [5, 5.41) is 10.1. The Hall–Kier alpha value is -3.10. The first-order chi connectivity index (χ1) is 16.2. The van der Waals surface area contributed by atoms with E-state index in [1.165, 1.54) is 0 Å². The van der Waals surface area contributed by atoms with E-state index in [9.17, 15) is 9.59 Å². The minimum Gasteiger partial charge on any atom is -0.497 e. The lowest BCUT2D eigenvalue weighted by Crippen LogP contribution is -2.56. The smallest absolute Gasteiger partial charge is 0.408 e. The number of aromatic nitrogens is 2. The first-order valence-corrected chi connectivity index (χ1v) is 11.9. The topological polar surface area (TPSA) is 116 Å². The van der Waals surface area contributed by atoms with Crippen molar-refractivity contribution in [1.29, 1.82) is 0 Å². The Bertz CT molecular complexity index is 941. The summed E-state index contributed by atoms with van der Waals surface area (Å²) in [7, 11) is 1.61. The lowest BCUT2D eigenvalue weighted by Gasteiger charge is -2.35. The van der Waals surface area contributed by atoms with E-state index < -0.39 is 17.2 Å². The number of hydrogen-bond donors (Lipinski definition) is 2. The molecular formula is C25H36N4O5. The average molecular weight is 473 g/mol. The number of amides is 2. The second kappa shape index (κ2) is 11.4. The Morgan fingerprint density at radius 1 is 1.09 bits per heavy atom. The van der Waals surface area contributed by atoms with Crippen LogP contribution in [0.25, 0.3) is 11.4 Å². The molecule has 9 nitrogen and oxygen atoms in total. The van der Waals surface area contributed by atoms with Gasteiger partial charge >= 0.3 is 6.09 Å². The Labute approximate surface area is 201 Å². The summed E-state index contributed by atoms with van der Waals surface area (Å²) in [6.07, 6.45) is 5.97. The lowest BCUT2D eigenvalue weighted by molar-refractivity contribution is -0.121. The standard InChI is InChI=1S/C25H36N4O5/c1-24(2,3)33-23(31)28-25(15-7-5-6-8-16-25)17-26-20(30)13-14-21-27-22(29-34-21)18-9-11-19(32-4)12-10-18/h9-12H,5-8,13-17H2,1-4H3,(H,26,30)(H,28,31). The molecule has 0 spiro atoms. The quantitative estimate of drug-likeness (QED) is 0.547. The molecule has 0 bridgehead atoms.